The van der Waals surface area contributed by atoms with Crippen LogP contribution in [-0.2, 0) is 12.8 Å². The van der Waals surface area contributed by atoms with Gasteiger partial charge in [0.2, 0.25) is 0 Å². The van der Waals surface area contributed by atoms with Gasteiger partial charge in [-0.2, -0.15) is 0 Å². The normalized spacial score (nSPS) is 12.3. The van der Waals surface area contributed by atoms with Crippen LogP contribution in [0.25, 0.3) is 0 Å². The fourth-order valence-corrected chi connectivity index (χ4v) is 2.50. The van der Waals surface area contributed by atoms with Gasteiger partial charge >= 0.3 is 0 Å². The van der Waals surface area contributed by atoms with Gasteiger partial charge in [0.15, 0.2) is 0 Å². The highest BCUT2D eigenvalue weighted by molar-refractivity contribution is 14.1. The van der Waals surface area contributed by atoms with Gasteiger partial charge in [0.05, 0.1) is 0 Å². The molecule has 0 amide bonds. The third-order valence-electron chi connectivity index (χ3n) is 3.31. The number of benzene rings is 1. The van der Waals surface area contributed by atoms with Crippen LogP contribution in [0.3, 0.4) is 0 Å². The number of nitrogens with zero attached hydrogens (tertiary/aromatic N) is 1. The quantitative estimate of drug-likeness (QED) is 0.793. The number of aryl methyl sites for hydroxylation is 1. The summed E-state index contributed by atoms with van der Waals surface area (Å²) in [5, 5.41) is 3.41. The molecule has 2 rings (SSSR count). The van der Waals surface area contributed by atoms with E-state index in [1.54, 1.807) is 0 Å². The summed E-state index contributed by atoms with van der Waals surface area (Å²) in [5.74, 6) is 0. The minimum absolute atomic E-state index is 0.514. The van der Waals surface area contributed by atoms with Gasteiger partial charge in [-0.1, -0.05) is 18.2 Å². The minimum atomic E-state index is 0.514. The summed E-state index contributed by atoms with van der Waals surface area (Å²) in [4.78, 5) is 4.16. The lowest BCUT2D eigenvalue weighted by atomic mass is 10.00. The summed E-state index contributed by atoms with van der Waals surface area (Å²) in [5.41, 5.74) is 2.70. The van der Waals surface area contributed by atoms with E-state index in [9.17, 15) is 0 Å². The smallest absolute Gasteiger partial charge is 0.0299 e. The van der Waals surface area contributed by atoms with Gasteiger partial charge in [-0.05, 0) is 78.2 Å². The molecule has 2 nitrogen and oxygen atoms in total. The second-order valence-corrected chi connectivity index (χ2v) is 5.96. The van der Waals surface area contributed by atoms with Crippen molar-refractivity contribution in [3.8, 4) is 0 Å². The summed E-state index contributed by atoms with van der Waals surface area (Å²) in [6.07, 6.45) is 7.06. The number of hydrogen-bond acceptors (Lipinski definition) is 2. The summed E-state index contributed by atoms with van der Waals surface area (Å²) in [6.45, 7) is 0. The summed E-state index contributed by atoms with van der Waals surface area (Å²) < 4.78 is 1.29. The number of aromatic nitrogens is 1. The first kappa shape index (κ1) is 14.5. The van der Waals surface area contributed by atoms with Gasteiger partial charge in [0.25, 0.3) is 0 Å². The molecule has 0 saturated carbocycles. The molecule has 3 heteroatoms. The van der Waals surface area contributed by atoms with E-state index in [0.717, 1.165) is 19.3 Å². The van der Waals surface area contributed by atoms with Crippen molar-refractivity contribution in [1.82, 2.24) is 10.3 Å². The second kappa shape index (κ2) is 7.60. The molecule has 100 valence electrons. The number of halogens is 1. The van der Waals surface area contributed by atoms with Crippen LogP contribution in [0.2, 0.25) is 0 Å². The molecular formula is C16H19IN2. The lowest BCUT2D eigenvalue weighted by Gasteiger charge is -2.16. The van der Waals surface area contributed by atoms with Crippen molar-refractivity contribution in [2.45, 2.75) is 25.3 Å². The molecule has 0 radical (unpaired) electrons. The SMILES string of the molecule is CNC(CCc1cccnc1)Cc1ccc(I)cc1. The molecule has 0 spiro atoms. The Morgan fingerprint density at radius 1 is 1.16 bits per heavy atom. The van der Waals surface area contributed by atoms with E-state index in [2.05, 4.69) is 63.2 Å². The van der Waals surface area contributed by atoms with E-state index in [4.69, 9.17) is 0 Å². The van der Waals surface area contributed by atoms with Crippen LogP contribution in [0.5, 0.6) is 0 Å². The monoisotopic (exact) mass is 366 g/mol. The number of hydrogen-bond donors (Lipinski definition) is 1. The van der Waals surface area contributed by atoms with Gasteiger partial charge in [-0.15, -0.1) is 0 Å². The molecule has 0 saturated heterocycles. The summed E-state index contributed by atoms with van der Waals surface area (Å²) in [7, 11) is 2.04. The molecule has 19 heavy (non-hydrogen) atoms. The average molecular weight is 366 g/mol. The molecule has 1 unspecified atom stereocenters. The Balaban J connectivity index is 1.88. The van der Waals surface area contributed by atoms with E-state index in [1.807, 2.05) is 25.5 Å². The van der Waals surface area contributed by atoms with E-state index in [0.29, 0.717) is 6.04 Å². The Morgan fingerprint density at radius 3 is 2.58 bits per heavy atom. The number of pyridine rings is 1. The van der Waals surface area contributed by atoms with Crippen LogP contribution in [0, 0.1) is 3.57 Å². The Hall–Kier alpha value is -0.940. The van der Waals surface area contributed by atoms with Crippen LogP contribution in [0.1, 0.15) is 17.5 Å². The van der Waals surface area contributed by atoms with Crippen LogP contribution in [-0.4, -0.2) is 18.1 Å². The minimum Gasteiger partial charge on any atom is -0.317 e. The van der Waals surface area contributed by atoms with Crippen LogP contribution in [0.15, 0.2) is 48.8 Å². The van der Waals surface area contributed by atoms with Crippen LogP contribution >= 0.6 is 22.6 Å². The molecule has 0 aliphatic heterocycles. The largest absolute Gasteiger partial charge is 0.317 e. The van der Waals surface area contributed by atoms with Crippen LogP contribution < -0.4 is 5.32 Å². The molecule has 1 aromatic carbocycles. The molecule has 2 aromatic rings. The zero-order valence-electron chi connectivity index (χ0n) is 11.1. The van der Waals surface area contributed by atoms with Crippen molar-refractivity contribution in [2.24, 2.45) is 0 Å². The first-order valence-electron chi connectivity index (χ1n) is 6.58. The maximum atomic E-state index is 4.16. The van der Waals surface area contributed by atoms with Gasteiger partial charge in [-0.3, -0.25) is 4.98 Å². The molecule has 1 atom stereocenters. The molecular weight excluding hydrogens is 347 g/mol. The van der Waals surface area contributed by atoms with Crippen molar-refractivity contribution >= 4 is 22.6 Å². The zero-order chi connectivity index (χ0) is 13.5. The topological polar surface area (TPSA) is 24.9 Å². The van der Waals surface area contributed by atoms with E-state index < -0.39 is 0 Å². The molecule has 0 aliphatic rings. The summed E-state index contributed by atoms with van der Waals surface area (Å²) in [6, 6.07) is 13.4. The lowest BCUT2D eigenvalue weighted by molar-refractivity contribution is 0.520. The molecule has 0 fully saturated rings. The molecule has 1 aromatic heterocycles. The first-order valence-corrected chi connectivity index (χ1v) is 7.66. The second-order valence-electron chi connectivity index (χ2n) is 4.72. The fraction of sp³-hybridized carbons (Fsp3) is 0.312. The van der Waals surface area contributed by atoms with E-state index in [1.165, 1.54) is 14.7 Å². The van der Waals surface area contributed by atoms with Gasteiger partial charge in [0.1, 0.15) is 0 Å². The first-order chi connectivity index (χ1) is 9.28. The highest BCUT2D eigenvalue weighted by atomic mass is 127. The third-order valence-corrected chi connectivity index (χ3v) is 4.03. The Bertz CT molecular complexity index is 482. The van der Waals surface area contributed by atoms with E-state index >= 15 is 0 Å². The fourth-order valence-electron chi connectivity index (χ4n) is 2.14. The van der Waals surface area contributed by atoms with E-state index in [-0.39, 0.29) is 0 Å². The van der Waals surface area contributed by atoms with Crippen molar-refractivity contribution in [3.05, 3.63) is 63.5 Å². The van der Waals surface area contributed by atoms with Crippen molar-refractivity contribution in [2.75, 3.05) is 7.05 Å². The standard InChI is InChI=1S/C16H19IN2/c1-18-16(9-6-14-3-2-10-19-12-14)11-13-4-7-15(17)8-5-13/h2-5,7-8,10,12,16,18H,6,9,11H2,1H3. The van der Waals surface area contributed by atoms with Gasteiger partial charge in [-0.25, -0.2) is 0 Å². The molecule has 1 N–H and O–H groups in total. The van der Waals surface area contributed by atoms with Crippen molar-refractivity contribution < 1.29 is 0 Å². The maximum absolute atomic E-state index is 4.16. The van der Waals surface area contributed by atoms with Gasteiger partial charge < -0.3 is 5.32 Å². The van der Waals surface area contributed by atoms with Crippen LogP contribution in [0.4, 0.5) is 0 Å². The average Bonchev–Trinajstić information content (AvgIpc) is 2.46. The predicted molar refractivity (Wildman–Crippen MR) is 88.3 cm³/mol. The number of likely N-dealkylation sites (N-methyl/N-ethyl adjacent to an activating group) is 1. The highest BCUT2D eigenvalue weighted by Gasteiger charge is 2.07. The van der Waals surface area contributed by atoms with Crippen molar-refractivity contribution in [1.29, 1.82) is 0 Å². The Morgan fingerprint density at radius 2 is 1.95 bits per heavy atom. The van der Waals surface area contributed by atoms with Crippen molar-refractivity contribution in [3.63, 3.8) is 0 Å². The molecule has 1 heterocycles. The number of nitrogens with one attached hydrogen (secondary N) is 1. The lowest BCUT2D eigenvalue weighted by Crippen LogP contribution is -2.28. The third kappa shape index (κ3) is 4.91. The Kier molecular flexibility index (Phi) is 5.79. The summed E-state index contributed by atoms with van der Waals surface area (Å²) >= 11 is 2.34. The molecule has 0 bridgehead atoms. The molecule has 0 aliphatic carbocycles. The highest BCUT2D eigenvalue weighted by Crippen LogP contribution is 2.11. The number of rotatable bonds is 6. The Labute approximate surface area is 128 Å². The zero-order valence-corrected chi connectivity index (χ0v) is 13.3. The predicted octanol–water partition coefficient (Wildman–Crippen LogP) is 3.45. The maximum Gasteiger partial charge on any atom is 0.0299 e. The van der Waals surface area contributed by atoms with Gasteiger partial charge in [0, 0.05) is 22.0 Å².